The van der Waals surface area contributed by atoms with E-state index in [0.29, 0.717) is 22.8 Å². The van der Waals surface area contributed by atoms with Crippen molar-refractivity contribution in [3.8, 4) is 11.1 Å². The van der Waals surface area contributed by atoms with Crippen LogP contribution in [0.1, 0.15) is 28.4 Å². The maximum atomic E-state index is 11.1. The molecule has 2 aromatic carbocycles. The van der Waals surface area contributed by atoms with Gasteiger partial charge in [0.15, 0.2) is 0 Å². The highest BCUT2D eigenvalue weighted by molar-refractivity contribution is 6.06. The number of aromatic nitrogens is 2. The molecule has 34 heavy (non-hydrogen) atoms. The second-order valence-corrected chi connectivity index (χ2v) is 8.22. The van der Waals surface area contributed by atoms with E-state index in [-0.39, 0.29) is 5.71 Å². The lowest BCUT2D eigenvalue weighted by Gasteiger charge is -2.21. The van der Waals surface area contributed by atoms with Gasteiger partial charge < -0.3 is 25.5 Å². The number of nitrogens with zero attached hydrogens (tertiary/aromatic N) is 3. The van der Waals surface area contributed by atoms with E-state index in [9.17, 15) is 9.90 Å². The molecule has 0 radical (unpaired) electrons. The molecule has 2 heterocycles. The van der Waals surface area contributed by atoms with Crippen LogP contribution < -0.4 is 5.32 Å². The molecule has 4 rings (SSSR count). The lowest BCUT2D eigenvalue weighted by atomic mass is 10.0. The minimum Gasteiger partial charge on any atom is -0.387 e. The number of hydrogen-bond acceptors (Lipinski definition) is 8. The number of ether oxygens (including phenoxy) is 1. The summed E-state index contributed by atoms with van der Waals surface area (Å²) in [4.78, 5) is 22.0. The Balaban J connectivity index is 0.000000396. The Morgan fingerprint density at radius 3 is 2.41 bits per heavy atom. The Hall–Kier alpha value is -3.46. The largest absolute Gasteiger partial charge is 0.387 e. The van der Waals surface area contributed by atoms with Crippen LogP contribution in [0.15, 0.2) is 54.9 Å². The highest BCUT2D eigenvalue weighted by Gasteiger charge is 2.14. The van der Waals surface area contributed by atoms with Crippen LogP contribution in [0.4, 0.5) is 11.6 Å². The van der Waals surface area contributed by atoms with Crippen LogP contribution in [0.3, 0.4) is 0 Å². The first-order valence-corrected chi connectivity index (χ1v) is 11.2. The standard InChI is InChI=1S/C21H20N4O2.C5H11NO/c1-13-4-3-5-16(8-13)17-10-23-21(24-11-17)25-19-9-15(12-26)6-7-18(19)20(22)14(2)27;1-6-2-4-7-5-3-6/h3-12,14,22,27H,1-2H3,(H,23,24,25);2-5H2,1H3. The molecular weight excluding hydrogens is 430 g/mol. The lowest BCUT2D eigenvalue weighted by molar-refractivity contribution is 0.0503. The third kappa shape index (κ3) is 7.02. The van der Waals surface area contributed by atoms with Crippen LogP contribution >= 0.6 is 0 Å². The number of aryl methyl sites for hydroxylation is 1. The van der Waals surface area contributed by atoms with Crippen molar-refractivity contribution >= 4 is 23.6 Å². The van der Waals surface area contributed by atoms with Crippen LogP contribution in [-0.4, -0.2) is 71.4 Å². The smallest absolute Gasteiger partial charge is 0.227 e. The Labute approximate surface area is 200 Å². The number of rotatable bonds is 6. The summed E-state index contributed by atoms with van der Waals surface area (Å²) in [5.41, 5.74) is 4.56. The second kappa shape index (κ2) is 12.1. The van der Waals surface area contributed by atoms with E-state index in [4.69, 9.17) is 10.1 Å². The van der Waals surface area contributed by atoms with Gasteiger partial charge in [-0.05, 0) is 32.5 Å². The number of morpholine rings is 1. The molecule has 1 aliphatic rings. The van der Waals surface area contributed by atoms with E-state index in [1.807, 2.05) is 25.1 Å². The zero-order valence-corrected chi connectivity index (χ0v) is 19.8. The Morgan fingerprint density at radius 1 is 1.15 bits per heavy atom. The summed E-state index contributed by atoms with van der Waals surface area (Å²) < 4.78 is 5.10. The van der Waals surface area contributed by atoms with Gasteiger partial charge in [0, 0.05) is 42.2 Å². The van der Waals surface area contributed by atoms with E-state index in [0.717, 1.165) is 49.3 Å². The first-order valence-electron chi connectivity index (χ1n) is 11.2. The molecule has 1 aromatic heterocycles. The van der Waals surface area contributed by atoms with Crippen LogP contribution in [0.5, 0.6) is 0 Å². The Bertz CT molecular complexity index is 1110. The summed E-state index contributed by atoms with van der Waals surface area (Å²) in [6.07, 6.45) is 3.22. The fourth-order valence-electron chi connectivity index (χ4n) is 3.34. The average molecular weight is 462 g/mol. The van der Waals surface area contributed by atoms with E-state index in [1.54, 1.807) is 30.6 Å². The van der Waals surface area contributed by atoms with Crippen molar-refractivity contribution in [1.29, 1.82) is 5.41 Å². The van der Waals surface area contributed by atoms with Gasteiger partial charge in [-0.2, -0.15) is 0 Å². The van der Waals surface area contributed by atoms with E-state index in [2.05, 4.69) is 33.3 Å². The fourth-order valence-corrected chi connectivity index (χ4v) is 3.34. The van der Waals surface area contributed by atoms with E-state index < -0.39 is 6.10 Å². The molecule has 1 aliphatic heterocycles. The third-order valence-corrected chi connectivity index (χ3v) is 5.37. The monoisotopic (exact) mass is 461 g/mol. The first kappa shape index (κ1) is 25.2. The molecule has 0 amide bonds. The summed E-state index contributed by atoms with van der Waals surface area (Å²) in [5.74, 6) is 0.342. The zero-order valence-electron chi connectivity index (χ0n) is 19.8. The number of likely N-dealkylation sites (N-methyl/N-ethyl adjacent to an activating group) is 1. The summed E-state index contributed by atoms with van der Waals surface area (Å²) in [6.45, 7) is 7.57. The molecule has 3 aromatic rings. The molecule has 1 saturated heterocycles. The highest BCUT2D eigenvalue weighted by atomic mass is 16.5. The van der Waals surface area contributed by atoms with Crippen molar-refractivity contribution in [2.45, 2.75) is 20.0 Å². The van der Waals surface area contributed by atoms with Gasteiger partial charge in [0.05, 0.1) is 30.7 Å². The molecule has 3 N–H and O–H groups in total. The van der Waals surface area contributed by atoms with Crippen molar-refractivity contribution < 1.29 is 14.6 Å². The topological polar surface area (TPSA) is 111 Å². The predicted molar refractivity (Wildman–Crippen MR) is 134 cm³/mol. The van der Waals surface area contributed by atoms with Gasteiger partial charge in [0.25, 0.3) is 0 Å². The van der Waals surface area contributed by atoms with Gasteiger partial charge in [-0.1, -0.05) is 42.0 Å². The third-order valence-electron chi connectivity index (χ3n) is 5.37. The molecule has 0 aliphatic carbocycles. The van der Waals surface area contributed by atoms with Crippen LogP contribution in [-0.2, 0) is 4.74 Å². The van der Waals surface area contributed by atoms with Gasteiger partial charge in [-0.15, -0.1) is 0 Å². The number of aliphatic hydroxyl groups is 1. The summed E-state index contributed by atoms with van der Waals surface area (Å²) in [7, 11) is 2.11. The van der Waals surface area contributed by atoms with Crippen molar-refractivity contribution in [2.75, 3.05) is 38.7 Å². The molecule has 0 spiro atoms. The number of carbonyl (C=O) groups is 1. The van der Waals surface area contributed by atoms with Crippen LogP contribution in [0.25, 0.3) is 11.1 Å². The van der Waals surface area contributed by atoms with Gasteiger partial charge in [0.1, 0.15) is 6.29 Å². The number of hydrogen-bond donors (Lipinski definition) is 3. The van der Waals surface area contributed by atoms with Gasteiger partial charge in [-0.25, -0.2) is 9.97 Å². The predicted octanol–water partition coefficient (Wildman–Crippen LogP) is 3.71. The second-order valence-electron chi connectivity index (χ2n) is 8.22. The summed E-state index contributed by atoms with van der Waals surface area (Å²) in [6, 6.07) is 12.9. The minimum absolute atomic E-state index is 0.0475. The van der Waals surface area contributed by atoms with Crippen molar-refractivity contribution in [1.82, 2.24) is 14.9 Å². The fraction of sp³-hybridized carbons (Fsp3) is 0.308. The number of benzene rings is 2. The number of carbonyl (C=O) groups excluding carboxylic acids is 1. The highest BCUT2D eigenvalue weighted by Crippen LogP contribution is 2.24. The quantitative estimate of drug-likeness (QED) is 0.379. The molecule has 178 valence electrons. The van der Waals surface area contributed by atoms with Crippen molar-refractivity contribution in [3.05, 3.63) is 71.5 Å². The average Bonchev–Trinajstić information content (AvgIpc) is 2.85. The van der Waals surface area contributed by atoms with Crippen LogP contribution in [0, 0.1) is 12.3 Å². The maximum Gasteiger partial charge on any atom is 0.227 e. The SMILES string of the molecule is CN1CCOCC1.Cc1cccc(-c2cnc(Nc3cc(C=O)ccc3C(=N)C(C)O)nc2)c1. The summed E-state index contributed by atoms with van der Waals surface area (Å²) in [5, 5.41) is 20.8. The van der Waals surface area contributed by atoms with Crippen molar-refractivity contribution in [2.24, 2.45) is 0 Å². The molecule has 1 atom stereocenters. The molecule has 8 nitrogen and oxygen atoms in total. The molecule has 0 bridgehead atoms. The minimum atomic E-state index is -0.933. The maximum absolute atomic E-state index is 11.1. The molecule has 1 fully saturated rings. The van der Waals surface area contributed by atoms with Gasteiger partial charge in [0.2, 0.25) is 5.95 Å². The number of anilines is 2. The van der Waals surface area contributed by atoms with Crippen LogP contribution in [0.2, 0.25) is 0 Å². The Morgan fingerprint density at radius 2 is 1.85 bits per heavy atom. The lowest BCUT2D eigenvalue weighted by Crippen LogP contribution is -2.32. The molecular formula is C26H31N5O3. The molecule has 1 unspecified atom stereocenters. The van der Waals surface area contributed by atoms with Crippen molar-refractivity contribution in [3.63, 3.8) is 0 Å². The first-order chi connectivity index (χ1) is 16.4. The van der Waals surface area contributed by atoms with Gasteiger partial charge in [-0.3, -0.25) is 4.79 Å². The zero-order chi connectivity index (χ0) is 24.5. The van der Waals surface area contributed by atoms with E-state index in [1.165, 1.54) is 6.92 Å². The van der Waals surface area contributed by atoms with E-state index >= 15 is 0 Å². The number of aldehydes is 1. The molecule has 0 saturated carbocycles. The molecule has 8 heteroatoms. The normalized spacial score (nSPS) is 14.5. The number of aliphatic hydroxyl groups excluding tert-OH is 1. The summed E-state index contributed by atoms with van der Waals surface area (Å²) >= 11 is 0. The van der Waals surface area contributed by atoms with Gasteiger partial charge >= 0.3 is 0 Å². The number of nitrogens with one attached hydrogen (secondary N) is 2. The Kier molecular flexibility index (Phi) is 8.98.